The van der Waals surface area contributed by atoms with Crippen molar-refractivity contribution in [3.63, 3.8) is 0 Å². The van der Waals surface area contributed by atoms with E-state index in [0.717, 1.165) is 17.1 Å². The first-order valence-electron chi connectivity index (χ1n) is 9.25. The van der Waals surface area contributed by atoms with Gasteiger partial charge in [-0.2, -0.15) is 10.4 Å². The van der Waals surface area contributed by atoms with Crippen molar-refractivity contribution < 1.29 is 18.3 Å². The first kappa shape index (κ1) is 21.0. The minimum Gasteiger partial charge on any atom is -0.477 e. The molecule has 1 amide bonds. The van der Waals surface area contributed by atoms with Gasteiger partial charge in [-0.15, -0.1) is 0 Å². The van der Waals surface area contributed by atoms with E-state index in [0.29, 0.717) is 19.3 Å². The van der Waals surface area contributed by atoms with Crippen molar-refractivity contribution >= 4 is 12.1 Å². The molecule has 0 N–H and O–H groups in total. The molecule has 0 unspecified atom stereocenters. The first-order chi connectivity index (χ1) is 14.4. The number of hydrazone groups is 1. The van der Waals surface area contributed by atoms with E-state index < -0.39 is 23.6 Å². The zero-order chi connectivity index (χ0) is 21.7. The summed E-state index contributed by atoms with van der Waals surface area (Å²) >= 11 is 0. The zero-order valence-corrected chi connectivity index (χ0v) is 16.3. The van der Waals surface area contributed by atoms with E-state index in [1.165, 1.54) is 25.5 Å². The number of ether oxygens (including phenoxy) is 1. The summed E-state index contributed by atoms with van der Waals surface area (Å²) in [6.45, 7) is 5.53. The number of hydrogen-bond donors (Lipinski definition) is 0. The predicted octanol–water partition coefficient (Wildman–Crippen LogP) is 3.61. The maximum atomic E-state index is 14.3. The smallest absolute Gasteiger partial charge is 0.269 e. The summed E-state index contributed by atoms with van der Waals surface area (Å²) in [5, 5.41) is 13.9. The third-order valence-corrected chi connectivity index (χ3v) is 4.59. The maximum Gasteiger partial charge on any atom is 0.269 e. The predicted molar refractivity (Wildman–Crippen MR) is 104 cm³/mol. The normalized spacial score (nSPS) is 15.1. The van der Waals surface area contributed by atoms with Gasteiger partial charge in [-0.25, -0.2) is 23.8 Å². The summed E-state index contributed by atoms with van der Waals surface area (Å²) in [5.41, 5.74) is 0.748. The third kappa shape index (κ3) is 4.66. The van der Waals surface area contributed by atoms with Crippen molar-refractivity contribution in [3.8, 4) is 11.9 Å². The Balaban J connectivity index is 1.56. The molecule has 0 saturated heterocycles. The molecule has 0 spiro atoms. The molecule has 2 aromatic rings. The molecule has 2 heterocycles. The Labute approximate surface area is 172 Å². The van der Waals surface area contributed by atoms with Gasteiger partial charge in [0.2, 0.25) is 5.88 Å². The van der Waals surface area contributed by atoms with Gasteiger partial charge >= 0.3 is 0 Å². The Kier molecular flexibility index (Phi) is 6.47. The van der Waals surface area contributed by atoms with E-state index in [1.54, 1.807) is 0 Å². The summed E-state index contributed by atoms with van der Waals surface area (Å²) in [5.74, 6) is -1.29. The lowest BCUT2D eigenvalue weighted by Crippen LogP contribution is -2.29. The number of aryl methyl sites for hydroxylation is 1. The summed E-state index contributed by atoms with van der Waals surface area (Å²) < 4.78 is 33.7. The molecule has 0 radical (unpaired) electrons. The van der Waals surface area contributed by atoms with Crippen LogP contribution in [0.3, 0.4) is 0 Å². The number of hydrogen-bond acceptors (Lipinski definition) is 6. The number of carbonyl (C=O) groups excluding carboxylic acids is 1. The molecular formula is C21H19F2N5O2. The first-order valence-corrected chi connectivity index (χ1v) is 9.25. The van der Waals surface area contributed by atoms with Crippen LogP contribution in [-0.4, -0.2) is 33.7 Å². The zero-order valence-electron chi connectivity index (χ0n) is 16.3. The molecule has 1 atom stereocenters. The van der Waals surface area contributed by atoms with Gasteiger partial charge in [-0.3, -0.25) is 4.79 Å². The highest BCUT2D eigenvalue weighted by Gasteiger charge is 2.31. The van der Waals surface area contributed by atoms with Gasteiger partial charge in [0.25, 0.3) is 5.91 Å². The Bertz CT molecular complexity index is 1030. The van der Waals surface area contributed by atoms with Gasteiger partial charge in [-0.05, 0) is 37.5 Å². The number of benzene rings is 1. The quantitative estimate of drug-likeness (QED) is 0.513. The van der Waals surface area contributed by atoms with Gasteiger partial charge < -0.3 is 4.74 Å². The molecule has 1 aromatic carbocycles. The van der Waals surface area contributed by atoms with Crippen LogP contribution in [0.4, 0.5) is 8.78 Å². The number of rotatable bonds is 7. The molecule has 1 aliphatic rings. The molecule has 3 rings (SSSR count). The van der Waals surface area contributed by atoms with Crippen LogP contribution < -0.4 is 4.74 Å². The Morgan fingerprint density at radius 2 is 2.13 bits per heavy atom. The number of aromatic nitrogens is 2. The lowest BCUT2D eigenvalue weighted by atomic mass is 10.0. The minimum atomic E-state index is -0.713. The highest BCUT2D eigenvalue weighted by molar-refractivity contribution is 5.94. The fourth-order valence-electron chi connectivity index (χ4n) is 2.96. The molecule has 154 valence electrons. The van der Waals surface area contributed by atoms with Crippen LogP contribution in [0.2, 0.25) is 0 Å². The average molecular weight is 411 g/mol. The summed E-state index contributed by atoms with van der Waals surface area (Å²) in [6.07, 6.45) is 5.24. The molecule has 1 aromatic heterocycles. The largest absolute Gasteiger partial charge is 0.477 e. The molecule has 0 bridgehead atoms. The number of amides is 1. The van der Waals surface area contributed by atoms with E-state index in [9.17, 15) is 13.6 Å². The Hall–Kier alpha value is -3.67. The fourth-order valence-corrected chi connectivity index (χ4v) is 2.96. The molecule has 0 aliphatic carbocycles. The lowest BCUT2D eigenvalue weighted by Gasteiger charge is -2.23. The molecule has 0 saturated carbocycles. The number of nitriles is 1. The van der Waals surface area contributed by atoms with Crippen molar-refractivity contribution in [2.24, 2.45) is 5.10 Å². The van der Waals surface area contributed by atoms with E-state index >= 15 is 0 Å². The van der Waals surface area contributed by atoms with Gasteiger partial charge in [0.1, 0.15) is 17.7 Å². The minimum absolute atomic E-state index is 0.0828. The molecule has 1 aliphatic heterocycles. The second kappa shape index (κ2) is 9.22. The Morgan fingerprint density at radius 3 is 2.83 bits per heavy atom. The van der Waals surface area contributed by atoms with Gasteiger partial charge in [0.15, 0.2) is 5.69 Å². The third-order valence-electron chi connectivity index (χ3n) is 4.59. The Morgan fingerprint density at radius 1 is 1.33 bits per heavy atom. The SMILES string of the molecule is C=C(CCCOc1cnc(C#N)cn1)C(=O)N1N=CC[C@H]1c1cc(F)c(C)cc1F. The van der Waals surface area contributed by atoms with E-state index in [2.05, 4.69) is 21.6 Å². The topological polar surface area (TPSA) is 91.5 Å². The van der Waals surface area contributed by atoms with Crippen molar-refractivity contribution in [1.82, 2.24) is 15.0 Å². The van der Waals surface area contributed by atoms with Crippen LogP contribution in [-0.2, 0) is 4.79 Å². The standard InChI is InChI=1S/C21H19F2N5O2/c1-13(4-3-7-30-20-12-25-15(10-24)11-26-20)21(29)28-19(5-6-27-28)16-9-17(22)14(2)8-18(16)23/h6,8-9,11-12,19H,1,3-5,7H2,2H3/t19-/m0/s1. The van der Waals surface area contributed by atoms with E-state index in [1.807, 2.05) is 6.07 Å². The van der Waals surface area contributed by atoms with E-state index in [4.69, 9.17) is 10.00 Å². The van der Waals surface area contributed by atoms with Crippen LogP contribution in [0.15, 0.2) is 41.8 Å². The second-order valence-electron chi connectivity index (χ2n) is 6.73. The summed E-state index contributed by atoms with van der Waals surface area (Å²) in [4.78, 5) is 20.5. The number of halogens is 2. The maximum absolute atomic E-state index is 14.3. The van der Waals surface area contributed by atoms with Gasteiger partial charge in [0, 0.05) is 23.8 Å². The molecule has 30 heavy (non-hydrogen) atoms. The van der Waals surface area contributed by atoms with Crippen molar-refractivity contribution in [3.05, 3.63) is 65.1 Å². The highest BCUT2D eigenvalue weighted by Crippen LogP contribution is 2.32. The molecular weight excluding hydrogens is 392 g/mol. The van der Waals surface area contributed by atoms with Crippen LogP contribution >= 0.6 is 0 Å². The van der Waals surface area contributed by atoms with Gasteiger partial charge in [-0.1, -0.05) is 6.58 Å². The number of nitrogens with zero attached hydrogens (tertiary/aromatic N) is 5. The van der Waals surface area contributed by atoms with Gasteiger partial charge in [0.05, 0.1) is 25.0 Å². The summed E-state index contributed by atoms with van der Waals surface area (Å²) in [7, 11) is 0. The van der Waals surface area contributed by atoms with Crippen molar-refractivity contribution in [1.29, 1.82) is 5.26 Å². The van der Waals surface area contributed by atoms with Crippen LogP contribution in [0.25, 0.3) is 0 Å². The molecule has 9 heteroatoms. The average Bonchev–Trinajstić information content (AvgIpc) is 3.23. The highest BCUT2D eigenvalue weighted by atomic mass is 19.1. The van der Waals surface area contributed by atoms with Crippen LogP contribution in [0, 0.1) is 29.9 Å². The molecule has 7 nitrogen and oxygen atoms in total. The summed E-state index contributed by atoms with van der Waals surface area (Å²) in [6, 6.07) is 3.37. The van der Waals surface area contributed by atoms with Crippen molar-refractivity contribution in [2.75, 3.05) is 6.61 Å². The second-order valence-corrected chi connectivity index (χ2v) is 6.73. The fraction of sp³-hybridized carbons (Fsp3) is 0.286. The van der Waals surface area contributed by atoms with E-state index in [-0.39, 0.29) is 34.9 Å². The monoisotopic (exact) mass is 411 g/mol. The van der Waals surface area contributed by atoms with Crippen LogP contribution in [0.5, 0.6) is 5.88 Å². The lowest BCUT2D eigenvalue weighted by molar-refractivity contribution is -0.129. The van der Waals surface area contributed by atoms with Crippen molar-refractivity contribution in [2.45, 2.75) is 32.2 Å². The number of carbonyl (C=O) groups is 1. The molecule has 0 fully saturated rings. The van der Waals surface area contributed by atoms with Crippen LogP contribution in [0.1, 0.15) is 42.1 Å².